The molecule has 3 N–H and O–H groups in total. The van der Waals surface area contributed by atoms with Crippen molar-refractivity contribution in [3.05, 3.63) is 20.9 Å². The van der Waals surface area contributed by atoms with Gasteiger partial charge in [0.15, 0.2) is 0 Å². The summed E-state index contributed by atoms with van der Waals surface area (Å²) in [7, 11) is 0. The van der Waals surface area contributed by atoms with Gasteiger partial charge in [0.2, 0.25) is 0 Å². The standard InChI is InChI=1S/C14H22N6O6S/c1-6(21)25-5-8-12(23)10(18-20-16)13(24)14(26-8)27-9-4-2-3-7(11(9)22)17-19-15/h7-14,22-24H,2-5H2,1H3/t7?,8?,9-,10?,11?,12+,13+,14+/m1/s1. The summed E-state index contributed by atoms with van der Waals surface area (Å²) in [5, 5.41) is 37.8. The van der Waals surface area contributed by atoms with E-state index in [1.807, 2.05) is 0 Å². The SMILES string of the molecule is CC(=O)OCC1O[C@@H](S[C@@H]2CCCC(N=[N+]=[N-])C2O)[C@@H](O)C(N=[N+]=[N-])[C@H]1O. The first-order chi connectivity index (χ1) is 12.9. The van der Waals surface area contributed by atoms with Crippen LogP contribution in [0.25, 0.3) is 20.9 Å². The third-order valence-corrected chi connectivity index (χ3v) is 6.10. The molecule has 1 heterocycles. The topological polar surface area (TPSA) is 194 Å². The van der Waals surface area contributed by atoms with Crippen LogP contribution in [0.3, 0.4) is 0 Å². The van der Waals surface area contributed by atoms with Crippen LogP contribution in [0.1, 0.15) is 26.2 Å². The summed E-state index contributed by atoms with van der Waals surface area (Å²) in [6.07, 6.45) is -2.72. The van der Waals surface area contributed by atoms with E-state index in [9.17, 15) is 20.1 Å². The van der Waals surface area contributed by atoms with Crippen molar-refractivity contribution in [1.82, 2.24) is 0 Å². The Morgan fingerprint density at radius 2 is 1.89 bits per heavy atom. The van der Waals surface area contributed by atoms with Gasteiger partial charge in [-0.1, -0.05) is 16.6 Å². The number of hydrogen-bond donors (Lipinski definition) is 3. The molecular formula is C14H22N6O6S. The first-order valence-electron chi connectivity index (χ1n) is 8.46. The lowest BCUT2D eigenvalue weighted by Gasteiger charge is -2.43. The Morgan fingerprint density at radius 3 is 2.52 bits per heavy atom. The Hall–Kier alpha value is -1.72. The summed E-state index contributed by atoms with van der Waals surface area (Å²) in [5.74, 6) is -0.568. The van der Waals surface area contributed by atoms with Crippen molar-refractivity contribution in [2.75, 3.05) is 6.61 Å². The van der Waals surface area contributed by atoms with Crippen molar-refractivity contribution in [1.29, 1.82) is 0 Å². The molecule has 0 bridgehead atoms. The number of aliphatic hydroxyl groups is 3. The Kier molecular flexibility index (Phi) is 7.99. The van der Waals surface area contributed by atoms with Gasteiger partial charge < -0.3 is 24.8 Å². The summed E-state index contributed by atoms with van der Waals surface area (Å²) < 4.78 is 10.5. The number of ether oxygens (including phenoxy) is 2. The molecule has 0 aromatic carbocycles. The summed E-state index contributed by atoms with van der Waals surface area (Å²) >= 11 is 1.12. The molecular weight excluding hydrogens is 380 g/mol. The Bertz CT molecular complexity index is 627. The Balaban J connectivity index is 2.13. The number of nitrogens with zero attached hydrogens (tertiary/aromatic N) is 6. The average molecular weight is 402 g/mol. The summed E-state index contributed by atoms with van der Waals surface area (Å²) in [5.41, 5.74) is 16.4. The van der Waals surface area contributed by atoms with Crippen LogP contribution in [0.4, 0.5) is 0 Å². The van der Waals surface area contributed by atoms with Gasteiger partial charge in [0.25, 0.3) is 0 Å². The number of thioether (sulfide) groups is 1. The van der Waals surface area contributed by atoms with Crippen LogP contribution in [0.2, 0.25) is 0 Å². The fourth-order valence-electron chi connectivity index (χ4n) is 3.19. The van der Waals surface area contributed by atoms with Gasteiger partial charge in [-0.15, -0.1) is 11.8 Å². The normalized spacial score (nSPS) is 39.0. The van der Waals surface area contributed by atoms with Crippen molar-refractivity contribution < 1.29 is 29.6 Å². The van der Waals surface area contributed by atoms with Gasteiger partial charge in [0.05, 0.1) is 24.3 Å². The van der Waals surface area contributed by atoms with Crippen LogP contribution in [0.5, 0.6) is 0 Å². The van der Waals surface area contributed by atoms with Crippen LogP contribution in [0, 0.1) is 0 Å². The predicted molar refractivity (Wildman–Crippen MR) is 94.4 cm³/mol. The van der Waals surface area contributed by atoms with Crippen LogP contribution in [-0.2, 0) is 14.3 Å². The van der Waals surface area contributed by atoms with Gasteiger partial charge in [0.1, 0.15) is 24.3 Å². The van der Waals surface area contributed by atoms with Crippen LogP contribution < -0.4 is 0 Å². The quantitative estimate of drug-likeness (QED) is 0.255. The average Bonchev–Trinajstić information content (AvgIpc) is 2.63. The molecule has 0 amide bonds. The van der Waals surface area contributed by atoms with Crippen molar-refractivity contribution in [3.63, 3.8) is 0 Å². The molecule has 2 aliphatic rings. The number of esters is 1. The van der Waals surface area contributed by atoms with Crippen molar-refractivity contribution in [3.8, 4) is 0 Å². The fourth-order valence-corrected chi connectivity index (χ4v) is 4.71. The Labute approximate surface area is 159 Å². The minimum atomic E-state index is -1.36. The maximum Gasteiger partial charge on any atom is 0.302 e. The molecule has 0 spiro atoms. The number of rotatable bonds is 6. The second kappa shape index (κ2) is 10.00. The van der Waals surface area contributed by atoms with Crippen molar-refractivity contribution in [2.24, 2.45) is 10.2 Å². The van der Waals surface area contributed by atoms with Gasteiger partial charge in [-0.2, -0.15) is 0 Å². The van der Waals surface area contributed by atoms with Gasteiger partial charge in [-0.05, 0) is 23.9 Å². The highest BCUT2D eigenvalue weighted by Gasteiger charge is 2.46. The number of carbonyl (C=O) groups is 1. The van der Waals surface area contributed by atoms with Gasteiger partial charge in [0, 0.05) is 22.0 Å². The first-order valence-corrected chi connectivity index (χ1v) is 9.40. The molecule has 1 saturated heterocycles. The Morgan fingerprint density at radius 1 is 1.19 bits per heavy atom. The van der Waals surface area contributed by atoms with Gasteiger partial charge in [-0.3, -0.25) is 4.79 Å². The maximum absolute atomic E-state index is 11.0. The van der Waals surface area contributed by atoms with Gasteiger partial charge >= 0.3 is 5.97 Å². The number of aliphatic hydroxyl groups excluding tert-OH is 3. The fraction of sp³-hybridized carbons (Fsp3) is 0.929. The molecule has 1 saturated carbocycles. The third-order valence-electron chi connectivity index (χ3n) is 4.58. The van der Waals surface area contributed by atoms with Crippen LogP contribution in [0.15, 0.2) is 10.2 Å². The molecule has 2 fully saturated rings. The van der Waals surface area contributed by atoms with E-state index in [-0.39, 0.29) is 11.9 Å². The smallest absolute Gasteiger partial charge is 0.302 e. The van der Waals surface area contributed by atoms with E-state index in [0.29, 0.717) is 12.8 Å². The highest BCUT2D eigenvalue weighted by Crippen LogP contribution is 2.38. The van der Waals surface area contributed by atoms with Crippen molar-refractivity contribution >= 4 is 17.7 Å². The molecule has 1 aliphatic heterocycles. The molecule has 4 unspecified atom stereocenters. The lowest BCUT2D eigenvalue weighted by molar-refractivity contribution is -0.174. The molecule has 27 heavy (non-hydrogen) atoms. The molecule has 2 rings (SSSR count). The zero-order valence-corrected chi connectivity index (χ0v) is 15.4. The largest absolute Gasteiger partial charge is 0.463 e. The summed E-state index contributed by atoms with van der Waals surface area (Å²) in [6.45, 7) is 0.932. The zero-order valence-electron chi connectivity index (χ0n) is 14.6. The molecule has 0 radical (unpaired) electrons. The van der Waals surface area contributed by atoms with E-state index >= 15 is 0 Å². The summed E-state index contributed by atoms with van der Waals surface area (Å²) in [6, 6.07) is -1.77. The highest BCUT2D eigenvalue weighted by atomic mass is 32.2. The molecule has 13 heteroatoms. The van der Waals surface area contributed by atoms with E-state index in [2.05, 4.69) is 20.1 Å². The molecule has 0 aromatic rings. The number of carbonyl (C=O) groups excluding carboxylic acids is 1. The molecule has 150 valence electrons. The second-order valence-corrected chi connectivity index (χ2v) is 7.73. The number of azide groups is 2. The first kappa shape index (κ1) is 21.6. The monoisotopic (exact) mass is 402 g/mol. The maximum atomic E-state index is 11.0. The van der Waals surface area contributed by atoms with E-state index in [1.54, 1.807) is 0 Å². The number of hydrogen-bond acceptors (Lipinski definition) is 9. The molecule has 0 aromatic heterocycles. The summed E-state index contributed by atoms with van der Waals surface area (Å²) in [4.78, 5) is 16.4. The van der Waals surface area contributed by atoms with E-state index in [0.717, 1.165) is 18.2 Å². The molecule has 12 nitrogen and oxygen atoms in total. The van der Waals surface area contributed by atoms with Crippen molar-refractivity contribution in [2.45, 2.75) is 73.4 Å². The minimum Gasteiger partial charge on any atom is -0.463 e. The van der Waals surface area contributed by atoms with Crippen LogP contribution in [-0.4, -0.2) is 75.1 Å². The highest BCUT2D eigenvalue weighted by molar-refractivity contribution is 8.00. The van der Waals surface area contributed by atoms with E-state index < -0.39 is 47.9 Å². The lowest BCUT2D eigenvalue weighted by Crippen LogP contribution is -2.57. The van der Waals surface area contributed by atoms with Gasteiger partial charge in [-0.25, -0.2) is 0 Å². The van der Waals surface area contributed by atoms with E-state index in [1.165, 1.54) is 6.92 Å². The lowest BCUT2D eigenvalue weighted by atomic mass is 9.93. The molecule has 8 atom stereocenters. The predicted octanol–water partition coefficient (Wildman–Crippen LogP) is 1.00. The van der Waals surface area contributed by atoms with Crippen LogP contribution >= 0.6 is 11.8 Å². The van der Waals surface area contributed by atoms with E-state index in [4.69, 9.17) is 20.5 Å². The second-order valence-electron chi connectivity index (χ2n) is 6.39. The molecule has 1 aliphatic carbocycles. The zero-order chi connectivity index (χ0) is 20.0. The minimum absolute atomic E-state index is 0.272. The third kappa shape index (κ3) is 5.39.